The molecule has 138 valence electrons. The lowest BCUT2D eigenvalue weighted by Gasteiger charge is -2.21. The highest BCUT2D eigenvalue weighted by molar-refractivity contribution is 7.99. The summed E-state index contributed by atoms with van der Waals surface area (Å²) in [4.78, 5) is 14.4. The predicted octanol–water partition coefficient (Wildman–Crippen LogP) is 4.74. The third-order valence-electron chi connectivity index (χ3n) is 4.48. The van der Waals surface area contributed by atoms with E-state index in [0.29, 0.717) is 11.8 Å². The normalized spacial score (nSPS) is 17.5. The van der Waals surface area contributed by atoms with Crippen LogP contribution in [0.2, 0.25) is 5.02 Å². The van der Waals surface area contributed by atoms with Crippen LogP contribution in [0, 0.1) is 0 Å². The summed E-state index contributed by atoms with van der Waals surface area (Å²) < 4.78 is 5.15. The van der Waals surface area contributed by atoms with Crippen molar-refractivity contribution in [1.29, 1.82) is 0 Å². The number of benzene rings is 2. The third kappa shape index (κ3) is 4.86. The molecule has 1 N–H and O–H groups in total. The summed E-state index contributed by atoms with van der Waals surface area (Å²) in [5.74, 6) is 1.72. The lowest BCUT2D eigenvalue weighted by atomic mass is 10.1. The molecule has 1 fully saturated rings. The van der Waals surface area contributed by atoms with Crippen molar-refractivity contribution in [2.24, 2.45) is 0 Å². The number of halogens is 1. The molecule has 0 aromatic heterocycles. The van der Waals surface area contributed by atoms with E-state index in [1.807, 2.05) is 59.1 Å². The van der Waals surface area contributed by atoms with Gasteiger partial charge in [0.15, 0.2) is 0 Å². The van der Waals surface area contributed by atoms with E-state index < -0.39 is 0 Å². The summed E-state index contributed by atoms with van der Waals surface area (Å²) in [5.41, 5.74) is 2.22. The van der Waals surface area contributed by atoms with E-state index in [4.69, 9.17) is 16.3 Å². The molecule has 1 atom stereocenters. The molecule has 2 amide bonds. The Bertz CT molecular complexity index is 739. The van der Waals surface area contributed by atoms with Gasteiger partial charge in [-0.3, -0.25) is 0 Å². The zero-order chi connectivity index (χ0) is 18.4. The van der Waals surface area contributed by atoms with E-state index in [9.17, 15) is 4.79 Å². The molecule has 0 aliphatic carbocycles. The molecule has 0 unspecified atom stereocenters. The van der Waals surface area contributed by atoms with Gasteiger partial charge < -0.3 is 15.0 Å². The van der Waals surface area contributed by atoms with Crippen LogP contribution in [0.3, 0.4) is 0 Å². The van der Waals surface area contributed by atoms with Crippen molar-refractivity contribution in [3.63, 3.8) is 0 Å². The molecule has 2 aromatic rings. The van der Waals surface area contributed by atoms with E-state index >= 15 is 0 Å². The molecule has 1 aliphatic rings. The highest BCUT2D eigenvalue weighted by atomic mass is 35.5. The van der Waals surface area contributed by atoms with E-state index in [-0.39, 0.29) is 6.03 Å². The van der Waals surface area contributed by atoms with Crippen LogP contribution in [0.1, 0.15) is 22.8 Å². The molecule has 0 spiro atoms. The first-order valence-electron chi connectivity index (χ1n) is 8.69. The fraction of sp³-hybridized carbons (Fsp3) is 0.350. The smallest absolute Gasteiger partial charge is 0.317 e. The van der Waals surface area contributed by atoms with Crippen molar-refractivity contribution in [3.05, 3.63) is 64.7 Å². The highest BCUT2D eigenvalue weighted by Gasteiger charge is 2.23. The Morgan fingerprint density at radius 3 is 2.73 bits per heavy atom. The summed E-state index contributed by atoms with van der Waals surface area (Å²) in [6.07, 6.45) is 0.907. The molecule has 4 nitrogen and oxygen atoms in total. The Hall–Kier alpha value is -1.85. The minimum absolute atomic E-state index is 0.0128. The first-order valence-corrected chi connectivity index (χ1v) is 10.1. The summed E-state index contributed by atoms with van der Waals surface area (Å²) in [6.45, 7) is 2.00. The van der Waals surface area contributed by atoms with Gasteiger partial charge in [0.1, 0.15) is 5.75 Å². The number of urea groups is 1. The van der Waals surface area contributed by atoms with Gasteiger partial charge in [0.25, 0.3) is 0 Å². The standard InChI is InChI=1S/C20H23ClN2O2S/c1-25-16-8-6-15(7-9-16)14-22-20(24)23-11-10-19(26-13-12-23)17-4-2-3-5-18(17)21/h2-9,19H,10-14H2,1H3,(H,22,24)/t19-/m0/s1. The highest BCUT2D eigenvalue weighted by Crippen LogP contribution is 2.37. The quantitative estimate of drug-likeness (QED) is 0.819. The van der Waals surface area contributed by atoms with Crippen molar-refractivity contribution in [2.75, 3.05) is 26.0 Å². The maximum atomic E-state index is 12.5. The fourth-order valence-corrected chi connectivity index (χ4v) is 4.59. The number of nitrogens with one attached hydrogen (secondary N) is 1. The van der Waals surface area contributed by atoms with Gasteiger partial charge in [-0.1, -0.05) is 41.9 Å². The number of nitrogens with zero attached hydrogens (tertiary/aromatic N) is 1. The molecule has 26 heavy (non-hydrogen) atoms. The maximum Gasteiger partial charge on any atom is 0.317 e. The largest absolute Gasteiger partial charge is 0.497 e. The zero-order valence-electron chi connectivity index (χ0n) is 14.8. The predicted molar refractivity (Wildman–Crippen MR) is 108 cm³/mol. The molecule has 0 bridgehead atoms. The van der Waals surface area contributed by atoms with E-state index in [0.717, 1.165) is 41.6 Å². The first-order chi connectivity index (χ1) is 12.7. The van der Waals surface area contributed by atoms with Crippen molar-refractivity contribution in [3.8, 4) is 5.75 Å². The van der Waals surface area contributed by atoms with Crippen LogP contribution in [0.25, 0.3) is 0 Å². The minimum atomic E-state index is -0.0128. The van der Waals surface area contributed by atoms with Gasteiger partial charge in [-0.25, -0.2) is 4.79 Å². The van der Waals surface area contributed by atoms with Crippen LogP contribution in [-0.4, -0.2) is 36.9 Å². The summed E-state index contributed by atoms with van der Waals surface area (Å²) >= 11 is 8.20. The van der Waals surface area contributed by atoms with Crippen LogP contribution in [-0.2, 0) is 6.54 Å². The average molecular weight is 391 g/mol. The van der Waals surface area contributed by atoms with Gasteiger partial charge in [0, 0.05) is 35.7 Å². The molecule has 1 aliphatic heterocycles. The van der Waals surface area contributed by atoms with Crippen LogP contribution >= 0.6 is 23.4 Å². The molecule has 3 rings (SSSR count). The second-order valence-corrected chi connectivity index (χ2v) is 7.88. The van der Waals surface area contributed by atoms with Gasteiger partial charge in [0.05, 0.1) is 7.11 Å². The summed E-state index contributed by atoms with van der Waals surface area (Å²) in [6, 6.07) is 15.7. The number of carbonyl (C=O) groups is 1. The lowest BCUT2D eigenvalue weighted by molar-refractivity contribution is 0.200. The SMILES string of the molecule is COc1ccc(CNC(=O)N2CCS[C@H](c3ccccc3Cl)CC2)cc1. The number of methoxy groups -OCH3 is 1. The first kappa shape index (κ1) is 18.9. The van der Waals surface area contributed by atoms with Crippen LogP contribution < -0.4 is 10.1 Å². The molecule has 2 aromatic carbocycles. The molecular weight excluding hydrogens is 368 g/mol. The van der Waals surface area contributed by atoms with Gasteiger partial charge in [0.2, 0.25) is 0 Å². The molecule has 0 radical (unpaired) electrons. The topological polar surface area (TPSA) is 41.6 Å². The Balaban J connectivity index is 1.53. The third-order valence-corrected chi connectivity index (χ3v) is 6.14. The Labute approximate surface area is 163 Å². The average Bonchev–Trinajstić information content (AvgIpc) is 2.93. The monoisotopic (exact) mass is 390 g/mol. The molecule has 1 saturated heterocycles. The molecule has 6 heteroatoms. The van der Waals surface area contributed by atoms with Gasteiger partial charge in [-0.05, 0) is 35.7 Å². The number of hydrogen-bond donors (Lipinski definition) is 1. The maximum absolute atomic E-state index is 12.5. The fourth-order valence-electron chi connectivity index (χ4n) is 2.99. The van der Waals surface area contributed by atoms with Gasteiger partial charge >= 0.3 is 6.03 Å². The number of carbonyl (C=O) groups excluding carboxylic acids is 1. The van der Waals surface area contributed by atoms with Crippen molar-refractivity contribution >= 4 is 29.4 Å². The van der Waals surface area contributed by atoms with E-state index in [1.54, 1.807) is 7.11 Å². The number of thioether (sulfide) groups is 1. The number of hydrogen-bond acceptors (Lipinski definition) is 3. The molecular formula is C20H23ClN2O2S. The van der Waals surface area contributed by atoms with Crippen LogP contribution in [0.5, 0.6) is 5.75 Å². The lowest BCUT2D eigenvalue weighted by Crippen LogP contribution is -2.40. The summed E-state index contributed by atoms with van der Waals surface area (Å²) in [7, 11) is 1.64. The second-order valence-electron chi connectivity index (χ2n) is 6.16. The minimum Gasteiger partial charge on any atom is -0.497 e. The van der Waals surface area contributed by atoms with Crippen molar-refractivity contribution in [2.45, 2.75) is 18.2 Å². The van der Waals surface area contributed by atoms with E-state index in [1.165, 1.54) is 5.56 Å². The second kappa shape index (κ2) is 9.19. The van der Waals surface area contributed by atoms with Gasteiger partial charge in [-0.2, -0.15) is 11.8 Å². The van der Waals surface area contributed by atoms with Crippen molar-refractivity contribution in [1.82, 2.24) is 10.2 Å². The number of ether oxygens (including phenoxy) is 1. The van der Waals surface area contributed by atoms with E-state index in [2.05, 4.69) is 11.4 Å². The van der Waals surface area contributed by atoms with Crippen LogP contribution in [0.4, 0.5) is 4.79 Å². The number of amides is 2. The Morgan fingerprint density at radius 1 is 1.23 bits per heavy atom. The Morgan fingerprint density at radius 2 is 2.00 bits per heavy atom. The molecule has 0 saturated carbocycles. The number of rotatable bonds is 4. The Kier molecular flexibility index (Phi) is 6.69. The summed E-state index contributed by atoms with van der Waals surface area (Å²) in [5, 5.41) is 4.15. The van der Waals surface area contributed by atoms with Crippen LogP contribution in [0.15, 0.2) is 48.5 Å². The van der Waals surface area contributed by atoms with Gasteiger partial charge in [-0.15, -0.1) is 0 Å². The zero-order valence-corrected chi connectivity index (χ0v) is 16.4. The molecule has 1 heterocycles. The van der Waals surface area contributed by atoms with Crippen molar-refractivity contribution < 1.29 is 9.53 Å².